The zero-order chi connectivity index (χ0) is 15.8. The normalized spacial score (nSPS) is 9.90. The van der Waals surface area contributed by atoms with Crippen LogP contribution in [0.5, 0.6) is 5.75 Å². The number of rotatable bonds is 5. The average molecular weight is 294 g/mol. The van der Waals surface area contributed by atoms with Crippen LogP contribution in [-0.4, -0.2) is 56.3 Å². The minimum Gasteiger partial charge on any atom is -0.453 e. The Hall–Kier alpha value is -2.24. The molecule has 1 aromatic rings. The molecule has 0 aliphatic heterocycles. The number of hydrogen-bond donors (Lipinski definition) is 0. The van der Waals surface area contributed by atoms with Crippen LogP contribution in [-0.2, 0) is 11.2 Å². The van der Waals surface area contributed by atoms with Crippen LogP contribution < -0.4 is 4.74 Å². The van der Waals surface area contributed by atoms with Crippen molar-refractivity contribution in [1.82, 2.24) is 9.80 Å². The Morgan fingerprint density at radius 2 is 1.52 bits per heavy atom. The lowest BCUT2D eigenvalue weighted by Crippen LogP contribution is -2.38. The molecule has 0 N–H and O–H groups in total. The van der Waals surface area contributed by atoms with Gasteiger partial charge in [0.2, 0.25) is 0 Å². The zero-order valence-electron chi connectivity index (χ0n) is 13.0. The van der Waals surface area contributed by atoms with Gasteiger partial charge in [-0.25, -0.2) is 9.59 Å². The number of methoxy groups -OCH3 is 1. The molecule has 116 valence electrons. The number of likely N-dealkylation sites (N-methyl/N-ethyl adjacent to an activating group) is 2. The Balaban J connectivity index is 2.45. The van der Waals surface area contributed by atoms with Crippen LogP contribution in [0.25, 0.3) is 0 Å². The van der Waals surface area contributed by atoms with Crippen LogP contribution in [0.1, 0.15) is 12.5 Å². The summed E-state index contributed by atoms with van der Waals surface area (Å²) in [6.07, 6.45) is 0.0398. The van der Waals surface area contributed by atoms with Gasteiger partial charge in [-0.2, -0.15) is 0 Å². The second-order valence-electron chi connectivity index (χ2n) is 4.68. The summed E-state index contributed by atoms with van der Waals surface area (Å²) in [6.45, 7) is 2.79. The SMILES string of the molecule is CCc1ccc(OC(=O)N(C)CCN(C)C(=O)OC)cc1. The molecule has 0 heterocycles. The first-order valence-electron chi connectivity index (χ1n) is 6.78. The molecule has 0 aromatic heterocycles. The van der Waals surface area contributed by atoms with Gasteiger partial charge < -0.3 is 19.3 Å². The van der Waals surface area contributed by atoms with E-state index in [9.17, 15) is 9.59 Å². The summed E-state index contributed by atoms with van der Waals surface area (Å²) in [7, 11) is 4.54. The topological polar surface area (TPSA) is 59.1 Å². The summed E-state index contributed by atoms with van der Waals surface area (Å²) in [6, 6.07) is 7.39. The van der Waals surface area contributed by atoms with Gasteiger partial charge in [0.05, 0.1) is 7.11 Å². The number of aryl methyl sites for hydroxylation is 1. The number of ether oxygens (including phenoxy) is 2. The Morgan fingerprint density at radius 3 is 2.00 bits per heavy atom. The van der Waals surface area contributed by atoms with Crippen molar-refractivity contribution in [1.29, 1.82) is 0 Å². The summed E-state index contributed by atoms with van der Waals surface area (Å²) < 4.78 is 9.82. The lowest BCUT2D eigenvalue weighted by atomic mass is 10.2. The van der Waals surface area contributed by atoms with Crippen molar-refractivity contribution in [3.63, 3.8) is 0 Å². The van der Waals surface area contributed by atoms with Crippen molar-refractivity contribution in [2.24, 2.45) is 0 Å². The van der Waals surface area contributed by atoms with Crippen molar-refractivity contribution in [3.05, 3.63) is 29.8 Å². The maximum absolute atomic E-state index is 11.9. The van der Waals surface area contributed by atoms with Crippen LogP contribution in [0.2, 0.25) is 0 Å². The molecule has 0 saturated heterocycles. The quantitative estimate of drug-likeness (QED) is 0.836. The van der Waals surface area contributed by atoms with E-state index in [1.807, 2.05) is 12.1 Å². The number of hydrogen-bond acceptors (Lipinski definition) is 4. The van der Waals surface area contributed by atoms with E-state index < -0.39 is 12.2 Å². The van der Waals surface area contributed by atoms with Gasteiger partial charge in [0.25, 0.3) is 0 Å². The van der Waals surface area contributed by atoms with E-state index in [-0.39, 0.29) is 0 Å². The molecule has 1 rings (SSSR count). The second-order valence-corrected chi connectivity index (χ2v) is 4.68. The van der Waals surface area contributed by atoms with Crippen LogP contribution in [0.3, 0.4) is 0 Å². The van der Waals surface area contributed by atoms with Crippen molar-refractivity contribution in [2.45, 2.75) is 13.3 Å². The van der Waals surface area contributed by atoms with Gasteiger partial charge in [0.1, 0.15) is 5.75 Å². The highest BCUT2D eigenvalue weighted by Crippen LogP contribution is 2.13. The van der Waals surface area contributed by atoms with Crippen molar-refractivity contribution in [2.75, 3.05) is 34.3 Å². The van der Waals surface area contributed by atoms with Gasteiger partial charge in [-0.05, 0) is 24.1 Å². The van der Waals surface area contributed by atoms with Gasteiger partial charge in [0.15, 0.2) is 0 Å². The first-order valence-corrected chi connectivity index (χ1v) is 6.78. The molecule has 21 heavy (non-hydrogen) atoms. The highest BCUT2D eigenvalue weighted by atomic mass is 16.6. The zero-order valence-corrected chi connectivity index (χ0v) is 13.0. The highest BCUT2D eigenvalue weighted by molar-refractivity contribution is 5.70. The lowest BCUT2D eigenvalue weighted by Gasteiger charge is -2.21. The summed E-state index contributed by atoms with van der Waals surface area (Å²) in [5.74, 6) is 0.505. The molecule has 0 saturated carbocycles. The van der Waals surface area contributed by atoms with Gasteiger partial charge in [-0.15, -0.1) is 0 Å². The molecule has 0 atom stereocenters. The Bertz CT molecular complexity index is 473. The summed E-state index contributed by atoms with van der Waals surface area (Å²) >= 11 is 0. The monoisotopic (exact) mass is 294 g/mol. The average Bonchev–Trinajstić information content (AvgIpc) is 2.51. The maximum Gasteiger partial charge on any atom is 0.415 e. The number of carbonyl (C=O) groups excluding carboxylic acids is 2. The predicted octanol–water partition coefficient (Wildman–Crippen LogP) is 2.38. The molecule has 0 aliphatic rings. The highest BCUT2D eigenvalue weighted by Gasteiger charge is 2.14. The fourth-order valence-corrected chi connectivity index (χ4v) is 1.61. The van der Waals surface area contributed by atoms with E-state index in [1.165, 1.54) is 22.5 Å². The number of nitrogens with zero attached hydrogens (tertiary/aromatic N) is 2. The summed E-state index contributed by atoms with van der Waals surface area (Å²) in [5.41, 5.74) is 1.18. The van der Waals surface area contributed by atoms with Gasteiger partial charge >= 0.3 is 12.2 Å². The molecule has 0 unspecified atom stereocenters. The van der Waals surface area contributed by atoms with Crippen molar-refractivity contribution < 1.29 is 19.1 Å². The van der Waals surface area contributed by atoms with Gasteiger partial charge in [0, 0.05) is 27.2 Å². The number of amides is 2. The van der Waals surface area contributed by atoms with Crippen LogP contribution in [0.15, 0.2) is 24.3 Å². The van der Waals surface area contributed by atoms with Crippen LogP contribution in [0, 0.1) is 0 Å². The molecule has 6 heteroatoms. The molecule has 0 bridgehead atoms. The van der Waals surface area contributed by atoms with Crippen molar-refractivity contribution >= 4 is 12.2 Å². The fraction of sp³-hybridized carbons (Fsp3) is 0.467. The lowest BCUT2D eigenvalue weighted by molar-refractivity contribution is 0.125. The number of benzene rings is 1. The van der Waals surface area contributed by atoms with Crippen LogP contribution in [0.4, 0.5) is 9.59 Å². The van der Waals surface area contributed by atoms with Gasteiger partial charge in [-0.1, -0.05) is 19.1 Å². The minimum atomic E-state index is -0.461. The largest absolute Gasteiger partial charge is 0.453 e. The molecule has 0 spiro atoms. The van der Waals surface area contributed by atoms with E-state index in [2.05, 4.69) is 11.7 Å². The third kappa shape index (κ3) is 5.33. The second kappa shape index (κ2) is 8.14. The molecule has 0 radical (unpaired) electrons. The van der Waals surface area contributed by atoms with E-state index in [0.717, 1.165) is 6.42 Å². The van der Waals surface area contributed by atoms with E-state index in [0.29, 0.717) is 18.8 Å². The summed E-state index contributed by atoms with van der Waals surface area (Å²) in [4.78, 5) is 25.9. The third-order valence-electron chi connectivity index (χ3n) is 3.11. The minimum absolute atomic E-state index is 0.359. The van der Waals surface area contributed by atoms with Crippen LogP contribution >= 0.6 is 0 Å². The maximum atomic E-state index is 11.9. The molecular formula is C15H22N2O4. The molecule has 2 amide bonds. The van der Waals surface area contributed by atoms with Crippen molar-refractivity contribution in [3.8, 4) is 5.75 Å². The Morgan fingerprint density at radius 1 is 1.00 bits per heavy atom. The predicted molar refractivity (Wildman–Crippen MR) is 79.5 cm³/mol. The van der Waals surface area contributed by atoms with E-state index in [1.54, 1.807) is 26.2 Å². The first-order chi connectivity index (χ1) is 9.97. The third-order valence-corrected chi connectivity index (χ3v) is 3.11. The smallest absolute Gasteiger partial charge is 0.415 e. The molecular weight excluding hydrogens is 272 g/mol. The Labute approximate surface area is 125 Å². The molecule has 6 nitrogen and oxygen atoms in total. The molecule has 1 aromatic carbocycles. The first kappa shape index (κ1) is 16.8. The standard InChI is InChI=1S/C15H22N2O4/c1-5-12-6-8-13(9-7-12)21-15(19)17(3)11-10-16(2)14(18)20-4/h6-9H,5,10-11H2,1-4H3. The van der Waals surface area contributed by atoms with E-state index >= 15 is 0 Å². The summed E-state index contributed by atoms with van der Waals surface area (Å²) in [5, 5.41) is 0. The van der Waals surface area contributed by atoms with E-state index in [4.69, 9.17) is 4.74 Å². The molecule has 0 aliphatic carbocycles. The van der Waals surface area contributed by atoms with Gasteiger partial charge in [-0.3, -0.25) is 0 Å². The fourth-order valence-electron chi connectivity index (χ4n) is 1.61. The molecule has 0 fully saturated rings. The Kier molecular flexibility index (Phi) is 6.52. The number of carbonyl (C=O) groups is 2.